The maximum absolute atomic E-state index is 11.9. The summed E-state index contributed by atoms with van der Waals surface area (Å²) in [6.45, 7) is 4.64. The second-order valence-corrected chi connectivity index (χ2v) is 7.66. The van der Waals surface area contributed by atoms with Gasteiger partial charge in [-0.05, 0) is 38.3 Å². The summed E-state index contributed by atoms with van der Waals surface area (Å²) >= 11 is 1.59. The van der Waals surface area contributed by atoms with Crippen LogP contribution < -0.4 is 4.90 Å². The Bertz CT molecular complexity index is 694. The molecule has 3 heterocycles. The molecule has 2 aliphatic rings. The molecule has 1 aliphatic carbocycles. The van der Waals surface area contributed by atoms with Crippen LogP contribution in [-0.4, -0.2) is 45.1 Å². The molecule has 1 atom stereocenters. The minimum atomic E-state index is 0.107. The lowest BCUT2D eigenvalue weighted by Crippen LogP contribution is -2.34. The monoisotopic (exact) mass is 345 g/mol. The number of carbonyl (C=O) groups excluding carboxylic acids is 1. The molecule has 1 amide bonds. The standard InChI is InChI=1S/C17H23N5OS/c1-12(23)22(15-4-5-15)17-19-14(11-24-17)10-21-8-2-3-13(9-21)16-6-7-18-20-16/h6-7,11,13,15H,2-5,8-10H2,1H3,(H,18,20)/t13-/m1/s1. The van der Waals surface area contributed by atoms with Crippen LogP contribution in [0.4, 0.5) is 5.13 Å². The van der Waals surface area contributed by atoms with Gasteiger partial charge in [-0.3, -0.25) is 19.7 Å². The van der Waals surface area contributed by atoms with Crippen molar-refractivity contribution >= 4 is 22.4 Å². The topological polar surface area (TPSA) is 65.1 Å². The highest BCUT2D eigenvalue weighted by Gasteiger charge is 2.33. The molecule has 7 heteroatoms. The zero-order valence-electron chi connectivity index (χ0n) is 13.9. The molecule has 0 radical (unpaired) electrons. The number of aromatic nitrogens is 3. The molecule has 0 bridgehead atoms. The van der Waals surface area contributed by atoms with Gasteiger partial charge in [-0.2, -0.15) is 5.10 Å². The number of anilines is 1. The molecule has 0 spiro atoms. The quantitative estimate of drug-likeness (QED) is 0.905. The van der Waals surface area contributed by atoms with Crippen molar-refractivity contribution in [3.8, 4) is 0 Å². The van der Waals surface area contributed by atoms with Crippen molar-refractivity contribution in [3.63, 3.8) is 0 Å². The number of likely N-dealkylation sites (tertiary alicyclic amines) is 1. The number of piperidine rings is 1. The van der Waals surface area contributed by atoms with E-state index in [1.807, 2.05) is 11.1 Å². The second kappa shape index (κ2) is 6.64. The Morgan fingerprint density at radius 1 is 1.46 bits per heavy atom. The summed E-state index contributed by atoms with van der Waals surface area (Å²) in [7, 11) is 0. The molecule has 1 N–H and O–H groups in total. The molecule has 0 aromatic carbocycles. The number of hydrogen-bond acceptors (Lipinski definition) is 5. The van der Waals surface area contributed by atoms with Gasteiger partial charge in [0.15, 0.2) is 5.13 Å². The molecular formula is C17H23N5OS. The Morgan fingerprint density at radius 2 is 2.33 bits per heavy atom. The minimum Gasteiger partial charge on any atom is -0.297 e. The third-order valence-electron chi connectivity index (χ3n) is 4.85. The van der Waals surface area contributed by atoms with Crippen LogP contribution in [0.25, 0.3) is 0 Å². The van der Waals surface area contributed by atoms with Crippen LogP contribution in [0, 0.1) is 0 Å². The third kappa shape index (κ3) is 3.37. The van der Waals surface area contributed by atoms with E-state index >= 15 is 0 Å². The highest BCUT2D eigenvalue weighted by molar-refractivity contribution is 7.14. The molecule has 1 aliphatic heterocycles. The average Bonchev–Trinajstić information content (AvgIpc) is 3.06. The van der Waals surface area contributed by atoms with Gasteiger partial charge in [-0.1, -0.05) is 0 Å². The highest BCUT2D eigenvalue weighted by atomic mass is 32.1. The van der Waals surface area contributed by atoms with Crippen LogP contribution in [0.5, 0.6) is 0 Å². The van der Waals surface area contributed by atoms with E-state index in [1.54, 1.807) is 18.3 Å². The van der Waals surface area contributed by atoms with E-state index in [4.69, 9.17) is 4.98 Å². The number of rotatable bonds is 5. The lowest BCUT2D eigenvalue weighted by Gasteiger charge is -2.31. The molecule has 2 fully saturated rings. The first-order valence-electron chi connectivity index (χ1n) is 8.66. The van der Waals surface area contributed by atoms with Crippen LogP contribution in [0.3, 0.4) is 0 Å². The fourth-order valence-corrected chi connectivity index (χ4v) is 4.47. The largest absolute Gasteiger partial charge is 0.297 e. The van der Waals surface area contributed by atoms with Gasteiger partial charge >= 0.3 is 0 Å². The van der Waals surface area contributed by atoms with E-state index < -0.39 is 0 Å². The number of hydrogen-bond donors (Lipinski definition) is 1. The second-order valence-electron chi connectivity index (χ2n) is 6.83. The number of amides is 1. The zero-order valence-corrected chi connectivity index (χ0v) is 14.8. The van der Waals surface area contributed by atoms with Crippen molar-refractivity contribution in [2.24, 2.45) is 0 Å². The minimum absolute atomic E-state index is 0.107. The molecule has 128 valence electrons. The maximum atomic E-state index is 11.9. The Labute approximate surface area is 145 Å². The van der Waals surface area contributed by atoms with Gasteiger partial charge in [0, 0.05) is 49.2 Å². The Balaban J connectivity index is 1.41. The number of thiazole rings is 1. The van der Waals surface area contributed by atoms with Crippen molar-refractivity contribution in [1.29, 1.82) is 0 Å². The van der Waals surface area contributed by atoms with E-state index in [1.165, 1.54) is 18.5 Å². The first-order chi connectivity index (χ1) is 11.7. The number of H-pyrrole nitrogens is 1. The Morgan fingerprint density at radius 3 is 3.04 bits per heavy atom. The van der Waals surface area contributed by atoms with Crippen LogP contribution in [-0.2, 0) is 11.3 Å². The number of aromatic amines is 1. The molecule has 2 aromatic rings. The molecular weight excluding hydrogens is 322 g/mol. The van der Waals surface area contributed by atoms with E-state index in [9.17, 15) is 4.79 Å². The van der Waals surface area contributed by atoms with Crippen molar-refractivity contribution in [2.75, 3.05) is 18.0 Å². The number of nitrogens with one attached hydrogen (secondary N) is 1. The smallest absolute Gasteiger partial charge is 0.225 e. The fraction of sp³-hybridized carbons (Fsp3) is 0.588. The molecule has 0 unspecified atom stereocenters. The van der Waals surface area contributed by atoms with Gasteiger partial charge in [0.05, 0.1) is 5.69 Å². The lowest BCUT2D eigenvalue weighted by atomic mass is 9.95. The van der Waals surface area contributed by atoms with Gasteiger partial charge in [0.2, 0.25) is 5.91 Å². The average molecular weight is 345 g/mol. The molecule has 24 heavy (non-hydrogen) atoms. The van der Waals surface area contributed by atoms with Gasteiger partial charge in [0.1, 0.15) is 0 Å². The summed E-state index contributed by atoms with van der Waals surface area (Å²) in [5, 5.41) is 10.2. The highest BCUT2D eigenvalue weighted by Crippen LogP contribution is 2.34. The van der Waals surface area contributed by atoms with Crippen molar-refractivity contribution in [1.82, 2.24) is 20.1 Å². The molecule has 4 rings (SSSR count). The fourth-order valence-electron chi connectivity index (χ4n) is 3.54. The summed E-state index contributed by atoms with van der Waals surface area (Å²) in [4.78, 5) is 20.9. The summed E-state index contributed by atoms with van der Waals surface area (Å²) < 4.78 is 0. The summed E-state index contributed by atoms with van der Waals surface area (Å²) in [6.07, 6.45) is 6.44. The first-order valence-corrected chi connectivity index (χ1v) is 9.54. The van der Waals surface area contributed by atoms with E-state index in [-0.39, 0.29) is 5.91 Å². The molecule has 1 saturated heterocycles. The first kappa shape index (κ1) is 15.8. The van der Waals surface area contributed by atoms with Crippen molar-refractivity contribution in [2.45, 2.75) is 51.1 Å². The SMILES string of the molecule is CC(=O)N(c1nc(CN2CCC[C@@H](c3ccn[nH]3)C2)cs1)C1CC1. The van der Waals surface area contributed by atoms with Gasteiger partial charge in [0.25, 0.3) is 0 Å². The van der Waals surface area contributed by atoms with E-state index in [0.717, 1.165) is 43.3 Å². The zero-order chi connectivity index (χ0) is 16.5. The lowest BCUT2D eigenvalue weighted by molar-refractivity contribution is -0.116. The molecule has 2 aromatic heterocycles. The normalized spacial score (nSPS) is 21.8. The summed E-state index contributed by atoms with van der Waals surface area (Å²) in [5.74, 6) is 0.634. The molecule has 6 nitrogen and oxygen atoms in total. The van der Waals surface area contributed by atoms with Crippen molar-refractivity contribution < 1.29 is 4.79 Å². The van der Waals surface area contributed by atoms with Crippen LogP contribution in [0.1, 0.15) is 49.9 Å². The third-order valence-corrected chi connectivity index (χ3v) is 5.74. The predicted molar refractivity (Wildman–Crippen MR) is 94.1 cm³/mol. The van der Waals surface area contributed by atoms with Gasteiger partial charge in [-0.25, -0.2) is 4.98 Å². The number of carbonyl (C=O) groups is 1. The number of nitrogens with zero attached hydrogens (tertiary/aromatic N) is 4. The molecule has 1 saturated carbocycles. The predicted octanol–water partition coefficient (Wildman–Crippen LogP) is 2.76. The Hall–Kier alpha value is -1.73. The van der Waals surface area contributed by atoms with E-state index in [2.05, 4.69) is 26.5 Å². The van der Waals surface area contributed by atoms with Crippen LogP contribution >= 0.6 is 11.3 Å². The van der Waals surface area contributed by atoms with Crippen molar-refractivity contribution in [3.05, 3.63) is 29.0 Å². The van der Waals surface area contributed by atoms with Crippen LogP contribution in [0.2, 0.25) is 0 Å². The Kier molecular flexibility index (Phi) is 4.37. The van der Waals surface area contributed by atoms with Gasteiger partial charge in [-0.15, -0.1) is 11.3 Å². The maximum Gasteiger partial charge on any atom is 0.225 e. The van der Waals surface area contributed by atoms with Crippen LogP contribution in [0.15, 0.2) is 17.6 Å². The summed E-state index contributed by atoms with van der Waals surface area (Å²) in [5.41, 5.74) is 2.31. The summed E-state index contributed by atoms with van der Waals surface area (Å²) in [6, 6.07) is 2.46. The van der Waals surface area contributed by atoms with E-state index in [0.29, 0.717) is 12.0 Å². The van der Waals surface area contributed by atoms with Gasteiger partial charge < -0.3 is 0 Å².